The van der Waals surface area contributed by atoms with Crippen molar-refractivity contribution in [1.29, 1.82) is 0 Å². The molecule has 8 rings (SSSR count). The third kappa shape index (κ3) is 13.5. The van der Waals surface area contributed by atoms with Crippen molar-refractivity contribution in [3.8, 4) is 35.1 Å². The molecule has 2 aliphatic heterocycles. The van der Waals surface area contributed by atoms with E-state index in [9.17, 15) is 42.3 Å². The predicted molar refractivity (Wildman–Crippen MR) is 226 cm³/mol. The SMILES string of the molecule is CCOC(=O)c1cc2nccn2c(-c2cccc(C#C[C@@]3(O)CCN(C)C3=O)c2)n1.CN1CC[C@@](O)(C#Cc2c[c-]ccc2)C1=O.COC(=O)c1cc2nccn2c(Cl)n1.FB(F)F.[K+]. The molecular formula is C43H38BClF3KN8O8. The van der Waals surface area contributed by atoms with E-state index in [1.807, 2.05) is 18.2 Å². The molecule has 65 heavy (non-hydrogen) atoms. The van der Waals surface area contributed by atoms with Gasteiger partial charge in [0.15, 0.2) is 11.4 Å². The molecule has 2 fully saturated rings. The van der Waals surface area contributed by atoms with Crippen LogP contribution in [0.5, 0.6) is 0 Å². The number of aliphatic hydroxyl groups is 2. The first kappa shape index (κ1) is 52.0. The van der Waals surface area contributed by atoms with Crippen molar-refractivity contribution in [2.24, 2.45) is 0 Å². The van der Waals surface area contributed by atoms with Crippen molar-refractivity contribution in [2.75, 3.05) is 40.9 Å². The number of amides is 2. The number of aromatic nitrogens is 6. The van der Waals surface area contributed by atoms with Crippen LogP contribution in [-0.4, -0.2) is 132 Å². The number of ether oxygens (including phenoxy) is 2. The number of fused-ring (bicyclic) bond motifs is 2. The van der Waals surface area contributed by atoms with E-state index in [0.717, 1.165) is 5.56 Å². The number of nitrogens with zero attached hydrogens (tertiary/aromatic N) is 8. The molecule has 0 radical (unpaired) electrons. The van der Waals surface area contributed by atoms with Gasteiger partial charge in [-0.3, -0.25) is 31.3 Å². The molecule has 0 spiro atoms. The zero-order valence-corrected chi connectivity index (χ0v) is 39.5. The van der Waals surface area contributed by atoms with Gasteiger partial charge in [0.1, 0.15) is 17.1 Å². The zero-order valence-electron chi connectivity index (χ0n) is 35.6. The first-order valence-corrected chi connectivity index (χ1v) is 19.5. The molecule has 2 amide bonds. The molecule has 6 heterocycles. The molecule has 2 atom stereocenters. The van der Waals surface area contributed by atoms with Crippen LogP contribution in [0.3, 0.4) is 0 Å². The molecule has 4 aromatic heterocycles. The van der Waals surface area contributed by atoms with E-state index in [1.165, 1.54) is 23.0 Å². The minimum atomic E-state index is -3.67. The second-order valence-corrected chi connectivity index (χ2v) is 14.0. The Morgan fingerprint density at radius 1 is 0.846 bits per heavy atom. The molecule has 330 valence electrons. The van der Waals surface area contributed by atoms with Crippen LogP contribution in [0.25, 0.3) is 22.7 Å². The van der Waals surface area contributed by atoms with E-state index < -0.39 is 36.6 Å². The summed E-state index contributed by atoms with van der Waals surface area (Å²) in [5.41, 5.74) is 0.330. The number of benzene rings is 2. The number of likely N-dealkylation sites (N-methyl/N-ethyl adjacent to an activating group) is 2. The second kappa shape index (κ2) is 23.5. The number of imidazole rings is 2. The van der Waals surface area contributed by atoms with E-state index in [4.69, 9.17) is 16.3 Å². The Bertz CT molecular complexity index is 2800. The van der Waals surface area contributed by atoms with Crippen molar-refractivity contribution in [1.82, 2.24) is 38.5 Å². The van der Waals surface area contributed by atoms with Crippen molar-refractivity contribution >= 4 is 54.2 Å². The Morgan fingerprint density at radius 3 is 1.91 bits per heavy atom. The monoisotopic (exact) mass is 936 g/mol. The maximum atomic E-state index is 12.2. The van der Waals surface area contributed by atoms with Gasteiger partial charge in [0.2, 0.25) is 16.5 Å². The van der Waals surface area contributed by atoms with Gasteiger partial charge in [-0.15, -0.1) is 5.92 Å². The van der Waals surface area contributed by atoms with Crippen molar-refractivity contribution in [3.05, 3.63) is 119 Å². The Hall–Kier alpha value is -5.62. The molecule has 2 N–H and O–H groups in total. The van der Waals surface area contributed by atoms with Gasteiger partial charge < -0.3 is 29.5 Å². The van der Waals surface area contributed by atoms with E-state index in [1.54, 1.807) is 91.0 Å². The summed E-state index contributed by atoms with van der Waals surface area (Å²) in [4.78, 5) is 66.6. The Labute approximate surface area is 418 Å². The minimum Gasteiger partial charge on any atom is -0.464 e. The summed E-state index contributed by atoms with van der Waals surface area (Å²) < 4.78 is 41.9. The Morgan fingerprint density at radius 2 is 1.38 bits per heavy atom. The van der Waals surface area contributed by atoms with Gasteiger partial charge in [-0.2, -0.15) is 30.3 Å². The van der Waals surface area contributed by atoms with E-state index in [-0.39, 0.29) is 87.0 Å². The van der Waals surface area contributed by atoms with Crippen molar-refractivity contribution in [3.63, 3.8) is 0 Å². The summed E-state index contributed by atoms with van der Waals surface area (Å²) in [7, 11) is 0.924. The quantitative estimate of drug-likeness (QED) is 0.0840. The number of likely N-dealkylation sites (tertiary alicyclic amines) is 2. The summed E-state index contributed by atoms with van der Waals surface area (Å²) in [6, 6.07) is 20.3. The maximum Gasteiger partial charge on any atom is 1.00 e. The topological polar surface area (TPSA) is 194 Å². The molecule has 0 unspecified atom stereocenters. The average molecular weight is 937 g/mol. The largest absolute Gasteiger partial charge is 1.00 e. The fourth-order valence-electron chi connectivity index (χ4n) is 6.03. The van der Waals surface area contributed by atoms with Crippen LogP contribution in [0.15, 0.2) is 85.5 Å². The third-order valence-electron chi connectivity index (χ3n) is 9.29. The summed E-state index contributed by atoms with van der Waals surface area (Å²) in [6.45, 7) is 2.99. The average Bonchev–Trinajstić information content (AvgIpc) is 4.08. The summed E-state index contributed by atoms with van der Waals surface area (Å²) in [6.07, 6.45) is 7.24. The Kier molecular flexibility index (Phi) is 18.8. The number of carbonyl (C=O) groups is 4. The molecule has 2 aliphatic rings. The van der Waals surface area contributed by atoms with E-state index >= 15 is 0 Å². The molecule has 16 nitrogen and oxygen atoms in total. The van der Waals surface area contributed by atoms with Crippen molar-refractivity contribution < 1.29 is 103 Å². The number of hydrogen-bond donors (Lipinski definition) is 2. The number of methoxy groups -OCH3 is 1. The first-order valence-electron chi connectivity index (χ1n) is 19.1. The molecule has 22 heteroatoms. The summed E-state index contributed by atoms with van der Waals surface area (Å²) in [5.74, 6) is 9.80. The number of hydrogen-bond acceptors (Lipinski definition) is 12. The number of halogens is 4. The molecule has 2 aromatic carbocycles. The van der Waals surface area contributed by atoms with Crippen LogP contribution in [-0.2, 0) is 19.1 Å². The molecule has 6 aromatic rings. The number of rotatable bonds is 4. The smallest absolute Gasteiger partial charge is 0.464 e. The number of esters is 2. The second-order valence-electron chi connectivity index (χ2n) is 13.7. The van der Waals surface area contributed by atoms with Gasteiger partial charge in [-0.25, -0.2) is 29.5 Å². The van der Waals surface area contributed by atoms with E-state index in [0.29, 0.717) is 47.8 Å². The van der Waals surface area contributed by atoms with Gasteiger partial charge >= 0.3 is 70.9 Å². The first-order chi connectivity index (χ1) is 30.5. The molecule has 0 bridgehead atoms. The standard InChI is InChI=1S/C22H20N4O4.C13H12NO2.C8H6ClN3O2.BF3.K/c1-3-30-20(27)17-14-18-23-10-12-26(18)19(24-17)16-6-4-5-15(13-16)7-8-22(29)9-11-25(2)21(22)28;1-14-10-9-13(16,12(14)15)8-7-11-5-3-2-4-6-11;1-14-7(13)5-4-6-10-2-3-12(6)8(9)11-5;2-1(3)4;/h4-6,10,12-14,29H,3,9,11H2,1-2H3;2-3,5-6,16H,9-10H2,1H3;2-4H,1H3;;/q;-1;;;+1/t22-;13-;;;/m10.../s1. The van der Waals surface area contributed by atoms with Gasteiger partial charge in [-0.05, 0) is 30.7 Å². The van der Waals surface area contributed by atoms with Gasteiger partial charge in [-0.1, -0.05) is 35.5 Å². The van der Waals surface area contributed by atoms with Crippen LogP contribution >= 0.6 is 11.6 Å². The fourth-order valence-corrected chi connectivity index (χ4v) is 6.26. The predicted octanol–water partition coefficient (Wildman–Crippen LogP) is 1.00. The molecular weight excluding hydrogens is 899 g/mol. The van der Waals surface area contributed by atoms with Crippen LogP contribution in [0.4, 0.5) is 12.9 Å². The van der Waals surface area contributed by atoms with E-state index in [2.05, 4.69) is 54.4 Å². The summed E-state index contributed by atoms with van der Waals surface area (Å²) >= 11 is 5.81. The van der Waals surface area contributed by atoms with Crippen molar-refractivity contribution in [2.45, 2.75) is 31.0 Å². The van der Waals surface area contributed by atoms with Gasteiger partial charge in [0.25, 0.3) is 11.8 Å². The number of carbonyl (C=O) groups excluding carboxylic acids is 4. The molecule has 0 saturated carbocycles. The Balaban J connectivity index is 0.000000222. The third-order valence-corrected chi connectivity index (χ3v) is 9.56. The molecule has 0 aliphatic carbocycles. The van der Waals surface area contributed by atoms with Gasteiger partial charge in [0.05, 0.1) is 13.7 Å². The fraction of sp³-hybridized carbons (Fsp3) is 0.256. The van der Waals surface area contributed by atoms with Crippen LogP contribution in [0.2, 0.25) is 5.28 Å². The van der Waals surface area contributed by atoms with Crippen LogP contribution < -0.4 is 51.4 Å². The zero-order chi connectivity index (χ0) is 46.6. The maximum absolute atomic E-state index is 12.2. The summed E-state index contributed by atoms with van der Waals surface area (Å²) in [5, 5.41) is 20.7. The van der Waals surface area contributed by atoms with Crippen LogP contribution in [0, 0.1) is 29.7 Å². The molecule has 2 saturated heterocycles. The van der Waals surface area contributed by atoms with Gasteiger partial charge in [0, 0.05) is 88.1 Å². The van der Waals surface area contributed by atoms with Crippen LogP contribution in [0.1, 0.15) is 51.9 Å². The minimum absolute atomic E-state index is 0. The normalized spacial score (nSPS) is 17.1.